The van der Waals surface area contributed by atoms with E-state index in [1.165, 1.54) is 24.2 Å². The molecule has 2 N–H and O–H groups in total. The Morgan fingerprint density at radius 3 is 2.61 bits per heavy atom. The van der Waals surface area contributed by atoms with E-state index in [0.29, 0.717) is 11.4 Å². The van der Waals surface area contributed by atoms with E-state index in [-0.39, 0.29) is 5.91 Å². The number of thiophene rings is 1. The lowest BCUT2D eigenvalue weighted by atomic mass is 9.94. The highest BCUT2D eigenvalue weighted by Gasteiger charge is 2.28. The molecule has 1 aliphatic carbocycles. The molecular formula is C13H18BrNO2S. The van der Waals surface area contributed by atoms with Crippen LogP contribution >= 0.6 is 27.3 Å². The molecule has 0 aromatic carbocycles. The van der Waals surface area contributed by atoms with Gasteiger partial charge in [0.25, 0.3) is 5.91 Å². The molecule has 0 unspecified atom stereocenters. The summed E-state index contributed by atoms with van der Waals surface area (Å²) >= 11 is 4.75. The molecule has 18 heavy (non-hydrogen) atoms. The van der Waals surface area contributed by atoms with Gasteiger partial charge in [-0.3, -0.25) is 4.79 Å². The van der Waals surface area contributed by atoms with Crippen molar-refractivity contribution in [3.63, 3.8) is 0 Å². The number of halogens is 1. The zero-order valence-electron chi connectivity index (χ0n) is 10.2. The van der Waals surface area contributed by atoms with Gasteiger partial charge in [0.15, 0.2) is 0 Å². The fourth-order valence-corrected chi connectivity index (χ4v) is 3.81. The normalized spacial score (nSPS) is 19.2. The fraction of sp³-hybridized carbons (Fsp3) is 0.615. The van der Waals surface area contributed by atoms with Crippen molar-refractivity contribution in [3.05, 3.63) is 20.8 Å². The third-order valence-corrected chi connectivity index (χ3v) is 5.27. The van der Waals surface area contributed by atoms with Crippen molar-refractivity contribution in [2.45, 2.75) is 44.1 Å². The van der Waals surface area contributed by atoms with Crippen LogP contribution < -0.4 is 5.32 Å². The zero-order valence-corrected chi connectivity index (χ0v) is 12.6. The van der Waals surface area contributed by atoms with Gasteiger partial charge in [-0.1, -0.05) is 25.7 Å². The number of rotatable bonds is 3. The molecule has 1 heterocycles. The standard InChI is InChI=1S/C13H18BrNO2S/c14-10-5-8-18-11(10)12(16)15-9-13(17)6-3-1-2-4-7-13/h5,8,17H,1-4,6-7,9H2,(H,15,16). The number of hydrogen-bond acceptors (Lipinski definition) is 3. The molecule has 2 rings (SSSR count). The third-order valence-electron chi connectivity index (χ3n) is 3.44. The van der Waals surface area contributed by atoms with E-state index in [4.69, 9.17) is 0 Å². The second kappa shape index (κ2) is 6.17. The molecule has 100 valence electrons. The van der Waals surface area contributed by atoms with Crippen molar-refractivity contribution in [1.82, 2.24) is 5.32 Å². The molecule has 3 nitrogen and oxygen atoms in total. The van der Waals surface area contributed by atoms with Gasteiger partial charge in [-0.05, 0) is 40.2 Å². The molecule has 1 amide bonds. The van der Waals surface area contributed by atoms with Gasteiger partial charge in [0.05, 0.1) is 5.60 Å². The van der Waals surface area contributed by atoms with E-state index in [1.54, 1.807) is 0 Å². The number of aliphatic hydroxyl groups is 1. The zero-order chi connectivity index (χ0) is 13.0. The molecule has 1 aromatic heterocycles. The predicted octanol–water partition coefficient (Wildman–Crippen LogP) is 3.33. The molecule has 0 bridgehead atoms. The minimum Gasteiger partial charge on any atom is -0.388 e. The third kappa shape index (κ3) is 3.56. The first kappa shape index (κ1) is 14.0. The van der Waals surface area contributed by atoms with Crippen molar-refractivity contribution >= 4 is 33.2 Å². The van der Waals surface area contributed by atoms with Gasteiger partial charge in [-0.2, -0.15) is 0 Å². The van der Waals surface area contributed by atoms with Crippen molar-refractivity contribution in [3.8, 4) is 0 Å². The van der Waals surface area contributed by atoms with Crippen molar-refractivity contribution in [2.75, 3.05) is 6.54 Å². The largest absolute Gasteiger partial charge is 0.388 e. The average molecular weight is 332 g/mol. The van der Waals surface area contributed by atoms with E-state index in [2.05, 4.69) is 21.2 Å². The summed E-state index contributed by atoms with van der Waals surface area (Å²) in [6.07, 6.45) is 6.06. The lowest BCUT2D eigenvalue weighted by Gasteiger charge is -2.26. The second-order valence-electron chi connectivity index (χ2n) is 4.92. The molecular weight excluding hydrogens is 314 g/mol. The van der Waals surface area contributed by atoms with Crippen molar-refractivity contribution < 1.29 is 9.90 Å². The van der Waals surface area contributed by atoms with E-state index in [0.717, 1.165) is 30.2 Å². The number of nitrogens with one attached hydrogen (secondary N) is 1. The lowest BCUT2D eigenvalue weighted by molar-refractivity contribution is 0.0247. The Balaban J connectivity index is 1.90. The van der Waals surface area contributed by atoms with Crippen LogP contribution in [0.2, 0.25) is 0 Å². The Bertz CT molecular complexity index is 411. The highest BCUT2D eigenvalue weighted by molar-refractivity contribution is 9.10. The van der Waals surface area contributed by atoms with Gasteiger partial charge in [0.2, 0.25) is 0 Å². The maximum atomic E-state index is 12.0. The van der Waals surface area contributed by atoms with Gasteiger partial charge in [0, 0.05) is 11.0 Å². The van der Waals surface area contributed by atoms with Gasteiger partial charge in [0.1, 0.15) is 4.88 Å². The average Bonchev–Trinajstić information content (AvgIpc) is 2.65. The Morgan fingerprint density at radius 1 is 1.39 bits per heavy atom. The molecule has 1 aliphatic rings. The van der Waals surface area contributed by atoms with Crippen molar-refractivity contribution in [1.29, 1.82) is 0 Å². The highest BCUT2D eigenvalue weighted by Crippen LogP contribution is 2.27. The summed E-state index contributed by atoms with van der Waals surface area (Å²) in [5.74, 6) is -0.102. The Morgan fingerprint density at radius 2 is 2.06 bits per heavy atom. The topological polar surface area (TPSA) is 49.3 Å². The van der Waals surface area contributed by atoms with Gasteiger partial charge in [-0.25, -0.2) is 0 Å². The summed E-state index contributed by atoms with van der Waals surface area (Å²) in [6, 6.07) is 1.86. The summed E-state index contributed by atoms with van der Waals surface area (Å²) < 4.78 is 0.817. The van der Waals surface area contributed by atoms with Gasteiger partial charge < -0.3 is 10.4 Å². The second-order valence-corrected chi connectivity index (χ2v) is 6.69. The molecule has 0 saturated heterocycles. The first-order chi connectivity index (χ1) is 8.61. The number of amides is 1. The smallest absolute Gasteiger partial charge is 0.262 e. The predicted molar refractivity (Wildman–Crippen MR) is 77.0 cm³/mol. The molecule has 0 aliphatic heterocycles. The molecule has 5 heteroatoms. The van der Waals surface area contributed by atoms with Crippen LogP contribution in [-0.2, 0) is 0 Å². The summed E-state index contributed by atoms with van der Waals surface area (Å²) in [4.78, 5) is 12.6. The summed E-state index contributed by atoms with van der Waals surface area (Å²) in [7, 11) is 0. The van der Waals surface area contributed by atoms with Crippen molar-refractivity contribution in [2.24, 2.45) is 0 Å². The summed E-state index contributed by atoms with van der Waals surface area (Å²) in [6.45, 7) is 0.357. The van der Waals surface area contributed by atoms with Crippen LogP contribution in [0.25, 0.3) is 0 Å². The van der Waals surface area contributed by atoms with Crippen LogP contribution in [0, 0.1) is 0 Å². The molecule has 1 fully saturated rings. The molecule has 0 spiro atoms. The highest BCUT2D eigenvalue weighted by atomic mass is 79.9. The van der Waals surface area contributed by atoms with E-state index in [9.17, 15) is 9.90 Å². The Kier molecular flexibility index (Phi) is 4.81. The first-order valence-electron chi connectivity index (χ1n) is 6.34. The Hall–Kier alpha value is -0.390. The van der Waals surface area contributed by atoms with E-state index >= 15 is 0 Å². The molecule has 1 saturated carbocycles. The lowest BCUT2D eigenvalue weighted by Crippen LogP contribution is -2.42. The maximum absolute atomic E-state index is 12.0. The van der Waals surface area contributed by atoms with E-state index in [1.807, 2.05) is 11.4 Å². The quantitative estimate of drug-likeness (QED) is 0.834. The maximum Gasteiger partial charge on any atom is 0.262 e. The van der Waals surface area contributed by atoms with Crippen LogP contribution in [-0.4, -0.2) is 23.2 Å². The minimum atomic E-state index is -0.712. The fourth-order valence-electron chi connectivity index (χ4n) is 2.34. The summed E-state index contributed by atoms with van der Waals surface area (Å²) in [5.41, 5.74) is -0.712. The van der Waals surface area contributed by atoms with Crippen LogP contribution in [0.5, 0.6) is 0 Å². The first-order valence-corrected chi connectivity index (χ1v) is 8.02. The molecule has 0 atom stereocenters. The molecule has 1 aromatic rings. The number of carbonyl (C=O) groups is 1. The molecule has 0 radical (unpaired) electrons. The van der Waals surface area contributed by atoms with Crippen LogP contribution in [0.1, 0.15) is 48.2 Å². The van der Waals surface area contributed by atoms with Crippen LogP contribution in [0.15, 0.2) is 15.9 Å². The van der Waals surface area contributed by atoms with E-state index < -0.39 is 5.60 Å². The van der Waals surface area contributed by atoms with Crippen LogP contribution in [0.3, 0.4) is 0 Å². The number of hydrogen-bond donors (Lipinski definition) is 2. The summed E-state index contributed by atoms with van der Waals surface area (Å²) in [5, 5.41) is 15.2. The Labute approximate surface area is 120 Å². The monoisotopic (exact) mass is 331 g/mol. The SMILES string of the molecule is O=C(NCC1(O)CCCCCC1)c1sccc1Br. The van der Waals surface area contributed by atoms with Gasteiger partial charge in [-0.15, -0.1) is 11.3 Å². The number of carbonyl (C=O) groups excluding carboxylic acids is 1. The minimum absolute atomic E-state index is 0.102. The van der Waals surface area contributed by atoms with Crippen LogP contribution in [0.4, 0.5) is 0 Å². The van der Waals surface area contributed by atoms with Gasteiger partial charge >= 0.3 is 0 Å².